The highest BCUT2D eigenvalue weighted by Gasteiger charge is 2.07. The molecule has 1 aliphatic heterocycles. The number of nitrogens with zero attached hydrogens (tertiary/aromatic N) is 1. The van der Waals surface area contributed by atoms with Crippen molar-refractivity contribution in [2.24, 2.45) is 5.16 Å². The number of nitrogens with one attached hydrogen (secondary N) is 1. The molecule has 1 amide bonds. The first kappa shape index (κ1) is 22.6. The number of amides is 1. The van der Waals surface area contributed by atoms with Gasteiger partial charge in [0, 0.05) is 6.54 Å². The molecule has 0 radical (unpaired) electrons. The van der Waals surface area contributed by atoms with Gasteiger partial charge in [-0.2, -0.15) is 0 Å². The van der Waals surface area contributed by atoms with E-state index in [1.165, 1.54) is 16.3 Å². The van der Waals surface area contributed by atoms with E-state index in [1.807, 2.05) is 49.4 Å². The summed E-state index contributed by atoms with van der Waals surface area (Å²) in [6.45, 7) is 4.15. The molecule has 0 fully saturated rings. The highest BCUT2D eigenvalue weighted by molar-refractivity contribution is 5.98. The minimum atomic E-state index is -0.147. The summed E-state index contributed by atoms with van der Waals surface area (Å²) >= 11 is 0. The maximum absolute atomic E-state index is 12.0. The van der Waals surface area contributed by atoms with Crippen LogP contribution in [0, 0.1) is 0 Å². The Balaban J connectivity index is 1.23. The molecule has 0 aliphatic carbocycles. The van der Waals surface area contributed by atoms with Gasteiger partial charge in [-0.05, 0) is 65.6 Å². The van der Waals surface area contributed by atoms with Gasteiger partial charge in [0.05, 0.1) is 18.9 Å². The molecule has 3 aromatic carbocycles. The number of hydrogen-bond acceptors (Lipinski definition) is 5. The Morgan fingerprint density at radius 3 is 2.67 bits per heavy atom. The Bertz CT molecular complexity index is 1150. The number of carbonyl (C=O) groups excluding carboxylic acids is 1. The third kappa shape index (κ3) is 6.67. The molecule has 0 atom stereocenters. The molecule has 0 saturated carbocycles. The van der Waals surface area contributed by atoms with Crippen LogP contribution in [0.2, 0.25) is 0 Å². The van der Waals surface area contributed by atoms with Gasteiger partial charge in [0.2, 0.25) is 0 Å². The third-order valence-corrected chi connectivity index (χ3v) is 5.46. The van der Waals surface area contributed by atoms with E-state index in [0.29, 0.717) is 32.1 Å². The van der Waals surface area contributed by atoms with E-state index in [9.17, 15) is 4.79 Å². The van der Waals surface area contributed by atoms with Gasteiger partial charge in [0.1, 0.15) is 12.4 Å². The molecule has 0 saturated heterocycles. The normalized spacial score (nSPS) is 14.0. The Kier molecular flexibility index (Phi) is 7.72. The quantitative estimate of drug-likeness (QED) is 0.297. The second kappa shape index (κ2) is 11.3. The minimum Gasteiger partial charge on any atom is -0.484 e. The first-order valence-corrected chi connectivity index (χ1v) is 11.1. The first-order chi connectivity index (χ1) is 16.2. The van der Waals surface area contributed by atoms with Crippen LogP contribution in [-0.4, -0.2) is 38.0 Å². The van der Waals surface area contributed by atoms with Gasteiger partial charge >= 0.3 is 0 Å². The van der Waals surface area contributed by atoms with Crippen molar-refractivity contribution in [3.63, 3.8) is 0 Å². The summed E-state index contributed by atoms with van der Waals surface area (Å²) in [5.74, 6) is 0.482. The predicted molar refractivity (Wildman–Crippen MR) is 129 cm³/mol. The zero-order chi connectivity index (χ0) is 22.9. The molecule has 0 aromatic heterocycles. The summed E-state index contributed by atoms with van der Waals surface area (Å²) in [7, 11) is 0. The molecule has 0 unspecified atom stereocenters. The highest BCUT2D eigenvalue weighted by atomic mass is 16.6. The van der Waals surface area contributed by atoms with Crippen molar-refractivity contribution in [1.29, 1.82) is 0 Å². The van der Waals surface area contributed by atoms with Crippen molar-refractivity contribution in [3.05, 3.63) is 89.5 Å². The Morgan fingerprint density at radius 1 is 1.06 bits per heavy atom. The molecule has 170 valence electrons. The van der Waals surface area contributed by atoms with Crippen molar-refractivity contribution in [3.8, 4) is 5.75 Å². The Hall–Kier alpha value is -3.64. The highest BCUT2D eigenvalue weighted by Crippen LogP contribution is 2.17. The zero-order valence-electron chi connectivity index (χ0n) is 18.8. The number of rotatable bonds is 9. The van der Waals surface area contributed by atoms with Crippen LogP contribution in [0.1, 0.15) is 24.5 Å². The summed E-state index contributed by atoms with van der Waals surface area (Å²) in [4.78, 5) is 17.6. The number of oxime groups is 1. The molecule has 6 nitrogen and oxygen atoms in total. The fraction of sp³-hybridized carbons (Fsp3) is 0.259. The maximum Gasteiger partial charge on any atom is 0.258 e. The molecule has 33 heavy (non-hydrogen) atoms. The minimum absolute atomic E-state index is 0.0228. The van der Waals surface area contributed by atoms with Crippen LogP contribution in [0.5, 0.6) is 5.75 Å². The molecular formula is C27H28N2O4. The molecule has 1 heterocycles. The molecule has 1 N–H and O–H groups in total. The van der Waals surface area contributed by atoms with Crippen LogP contribution in [0.25, 0.3) is 10.8 Å². The third-order valence-electron chi connectivity index (χ3n) is 5.46. The van der Waals surface area contributed by atoms with Gasteiger partial charge in [-0.1, -0.05) is 53.2 Å². The molecule has 0 spiro atoms. The smallest absolute Gasteiger partial charge is 0.258 e. The van der Waals surface area contributed by atoms with E-state index in [1.54, 1.807) is 0 Å². The zero-order valence-corrected chi connectivity index (χ0v) is 18.8. The summed E-state index contributed by atoms with van der Waals surface area (Å²) in [6.07, 6.45) is 2.87. The molecular weight excluding hydrogens is 416 g/mol. The van der Waals surface area contributed by atoms with E-state index in [2.05, 4.69) is 40.8 Å². The van der Waals surface area contributed by atoms with Crippen LogP contribution >= 0.6 is 0 Å². The number of ether oxygens (including phenoxy) is 2. The van der Waals surface area contributed by atoms with Gasteiger partial charge in [0.15, 0.2) is 6.61 Å². The topological polar surface area (TPSA) is 69.2 Å². The summed E-state index contributed by atoms with van der Waals surface area (Å²) in [5, 5.41) is 9.51. The lowest BCUT2D eigenvalue weighted by Crippen LogP contribution is -2.31. The number of fused-ring (bicyclic) bond motifs is 1. The number of carbonyl (C=O) groups is 1. The molecule has 3 aromatic rings. The average Bonchev–Trinajstić information content (AvgIpc) is 2.87. The SMILES string of the molecule is CC(=NOCc1ccc2ccccc2c1)c1ccc(OCC(=O)NCC2=CCOCC2)cc1. The van der Waals surface area contributed by atoms with E-state index in [4.69, 9.17) is 14.3 Å². The Labute approximate surface area is 193 Å². The van der Waals surface area contributed by atoms with E-state index < -0.39 is 0 Å². The van der Waals surface area contributed by atoms with Gasteiger partial charge in [-0.15, -0.1) is 0 Å². The average molecular weight is 445 g/mol. The van der Waals surface area contributed by atoms with Crippen LogP contribution in [-0.2, 0) is 21.0 Å². The number of hydrogen-bond donors (Lipinski definition) is 1. The summed E-state index contributed by atoms with van der Waals surface area (Å²) in [6, 6.07) is 21.9. The van der Waals surface area contributed by atoms with Crippen molar-refractivity contribution < 1.29 is 19.1 Å². The molecule has 4 rings (SSSR count). The Morgan fingerprint density at radius 2 is 1.88 bits per heavy atom. The summed E-state index contributed by atoms with van der Waals surface area (Å²) in [5.41, 5.74) is 3.96. The molecule has 0 bridgehead atoms. The fourth-order valence-electron chi connectivity index (χ4n) is 3.52. The van der Waals surface area contributed by atoms with E-state index in [-0.39, 0.29) is 12.5 Å². The van der Waals surface area contributed by atoms with Gasteiger partial charge in [-0.3, -0.25) is 4.79 Å². The number of benzene rings is 3. The molecule has 1 aliphatic rings. The maximum atomic E-state index is 12.0. The van der Waals surface area contributed by atoms with Crippen LogP contribution < -0.4 is 10.1 Å². The van der Waals surface area contributed by atoms with Crippen LogP contribution in [0.4, 0.5) is 0 Å². The second-order valence-corrected chi connectivity index (χ2v) is 7.91. The lowest BCUT2D eigenvalue weighted by Gasteiger charge is -2.14. The van der Waals surface area contributed by atoms with Crippen molar-refractivity contribution in [1.82, 2.24) is 5.32 Å². The largest absolute Gasteiger partial charge is 0.484 e. The summed E-state index contributed by atoms with van der Waals surface area (Å²) < 4.78 is 10.9. The van der Waals surface area contributed by atoms with Crippen molar-refractivity contribution in [2.75, 3.05) is 26.4 Å². The van der Waals surface area contributed by atoms with E-state index >= 15 is 0 Å². The van der Waals surface area contributed by atoms with Crippen LogP contribution in [0.3, 0.4) is 0 Å². The molecule has 6 heteroatoms. The second-order valence-electron chi connectivity index (χ2n) is 7.91. The lowest BCUT2D eigenvalue weighted by molar-refractivity contribution is -0.122. The van der Waals surface area contributed by atoms with Crippen molar-refractivity contribution in [2.45, 2.75) is 20.0 Å². The fourth-order valence-corrected chi connectivity index (χ4v) is 3.52. The van der Waals surface area contributed by atoms with E-state index in [0.717, 1.165) is 23.3 Å². The van der Waals surface area contributed by atoms with Gasteiger partial charge in [-0.25, -0.2) is 0 Å². The van der Waals surface area contributed by atoms with Gasteiger partial charge < -0.3 is 19.6 Å². The van der Waals surface area contributed by atoms with Gasteiger partial charge in [0.25, 0.3) is 5.91 Å². The van der Waals surface area contributed by atoms with Crippen LogP contribution in [0.15, 0.2) is 83.5 Å². The monoisotopic (exact) mass is 444 g/mol. The first-order valence-electron chi connectivity index (χ1n) is 11.1. The predicted octanol–water partition coefficient (Wildman–Crippen LogP) is 4.62. The van der Waals surface area contributed by atoms with Crippen molar-refractivity contribution >= 4 is 22.4 Å². The standard InChI is InChI=1S/C27H28N2O4/c1-20(29-33-18-22-6-7-24-4-2-3-5-25(24)16-22)23-8-10-26(11-9-23)32-19-27(30)28-17-21-12-14-31-15-13-21/h2-12,16H,13-15,17-19H2,1H3,(H,28,30). The lowest BCUT2D eigenvalue weighted by atomic mass is 10.1.